The van der Waals surface area contributed by atoms with E-state index in [0.29, 0.717) is 35.4 Å². The Bertz CT molecular complexity index is 1350. The Morgan fingerprint density at radius 1 is 1.18 bits per heavy atom. The molecular formula is C22H26N8O3Si. The average Bonchev–Trinajstić information content (AvgIpc) is 3.32. The Labute approximate surface area is 196 Å². The number of amides is 3. The second-order valence-electron chi connectivity index (χ2n) is 10.00. The Kier molecular flexibility index (Phi) is 5.19. The molecule has 0 radical (unpaired) electrons. The minimum absolute atomic E-state index is 0.126. The number of aryl methyl sites for hydroxylation is 1. The third kappa shape index (κ3) is 3.93. The fourth-order valence-corrected chi connectivity index (χ4v) is 5.27. The second kappa shape index (κ2) is 7.97. The van der Waals surface area contributed by atoms with Crippen LogP contribution in [0.15, 0.2) is 18.2 Å². The molecule has 5 rings (SSSR count). The first-order chi connectivity index (χ1) is 16.1. The predicted molar refractivity (Wildman–Crippen MR) is 127 cm³/mol. The minimum atomic E-state index is -1.29. The molecule has 176 valence electrons. The molecule has 12 heteroatoms. The second-order valence-corrected chi connectivity index (χ2v) is 15.6. The van der Waals surface area contributed by atoms with Crippen molar-refractivity contribution in [1.82, 2.24) is 35.2 Å². The van der Waals surface area contributed by atoms with Crippen LogP contribution in [0.25, 0.3) is 22.4 Å². The summed E-state index contributed by atoms with van der Waals surface area (Å²) in [5.74, 6) is -0.838. The van der Waals surface area contributed by atoms with Gasteiger partial charge in [-0.15, -0.1) is 5.10 Å². The zero-order valence-electron chi connectivity index (χ0n) is 19.3. The van der Waals surface area contributed by atoms with Crippen LogP contribution in [-0.2, 0) is 22.7 Å². The van der Waals surface area contributed by atoms with Crippen LogP contribution < -0.4 is 11.1 Å². The van der Waals surface area contributed by atoms with E-state index in [2.05, 4.69) is 45.2 Å². The van der Waals surface area contributed by atoms with Gasteiger partial charge in [-0.1, -0.05) is 30.9 Å². The van der Waals surface area contributed by atoms with Crippen molar-refractivity contribution >= 4 is 42.9 Å². The number of anilines is 1. The number of carbonyl (C=O) groups excluding carboxylic acids is 3. The largest absolute Gasteiger partial charge is 0.368 e. The molecule has 1 aromatic carbocycles. The molecule has 1 unspecified atom stereocenters. The van der Waals surface area contributed by atoms with Gasteiger partial charge in [0.05, 0.1) is 0 Å². The number of fused-ring (bicyclic) bond motifs is 2. The van der Waals surface area contributed by atoms with E-state index in [1.807, 2.05) is 6.07 Å². The summed E-state index contributed by atoms with van der Waals surface area (Å²) in [4.78, 5) is 47.1. The molecule has 34 heavy (non-hydrogen) atoms. The van der Waals surface area contributed by atoms with Gasteiger partial charge < -0.3 is 10.6 Å². The number of piperidine rings is 1. The van der Waals surface area contributed by atoms with Gasteiger partial charge in [0.25, 0.3) is 5.91 Å². The van der Waals surface area contributed by atoms with Crippen LogP contribution >= 0.6 is 0 Å². The van der Waals surface area contributed by atoms with Crippen molar-refractivity contribution in [1.29, 1.82) is 0 Å². The molecule has 0 saturated carbocycles. The summed E-state index contributed by atoms with van der Waals surface area (Å²) in [6, 6.07) is 5.78. The van der Waals surface area contributed by atoms with E-state index in [-0.39, 0.29) is 30.7 Å². The van der Waals surface area contributed by atoms with Crippen LogP contribution in [0.5, 0.6) is 0 Å². The topological polar surface area (TPSA) is 149 Å². The quantitative estimate of drug-likeness (QED) is 0.414. The van der Waals surface area contributed by atoms with Crippen molar-refractivity contribution in [2.75, 3.05) is 5.73 Å². The molecule has 3 amide bonds. The highest BCUT2D eigenvalue weighted by Gasteiger charge is 2.39. The highest BCUT2D eigenvalue weighted by Crippen LogP contribution is 2.32. The van der Waals surface area contributed by atoms with Gasteiger partial charge in [0.2, 0.25) is 17.8 Å². The highest BCUT2D eigenvalue weighted by molar-refractivity contribution is 6.76. The lowest BCUT2D eigenvalue weighted by molar-refractivity contribution is -0.136. The van der Waals surface area contributed by atoms with Gasteiger partial charge >= 0.3 is 0 Å². The smallest absolute Gasteiger partial charge is 0.255 e. The van der Waals surface area contributed by atoms with Gasteiger partial charge in [-0.3, -0.25) is 19.7 Å². The Balaban J connectivity index is 1.47. The summed E-state index contributed by atoms with van der Waals surface area (Å²) in [5, 5.41) is 11.0. The van der Waals surface area contributed by atoms with Crippen LogP contribution in [0.1, 0.15) is 28.8 Å². The fraction of sp³-hybridized carbons (Fsp3) is 0.409. The molecule has 0 spiro atoms. The zero-order valence-corrected chi connectivity index (χ0v) is 20.3. The Morgan fingerprint density at radius 3 is 2.71 bits per heavy atom. The molecule has 3 N–H and O–H groups in total. The van der Waals surface area contributed by atoms with Crippen molar-refractivity contribution in [2.45, 2.75) is 57.7 Å². The number of imide groups is 1. The number of benzene rings is 1. The van der Waals surface area contributed by atoms with Crippen LogP contribution in [0, 0.1) is 0 Å². The Hall–Kier alpha value is -3.67. The molecule has 1 saturated heterocycles. The van der Waals surface area contributed by atoms with E-state index in [9.17, 15) is 14.4 Å². The number of carbonyl (C=O) groups is 3. The lowest BCUT2D eigenvalue weighted by Crippen LogP contribution is -2.52. The average molecular weight is 479 g/mol. The third-order valence-electron chi connectivity index (χ3n) is 6.25. The van der Waals surface area contributed by atoms with Crippen molar-refractivity contribution < 1.29 is 14.4 Å². The summed E-state index contributed by atoms with van der Waals surface area (Å²) >= 11 is 0. The maximum absolute atomic E-state index is 13.0. The molecule has 1 fully saturated rings. The van der Waals surface area contributed by atoms with Crippen molar-refractivity contribution in [3.05, 3.63) is 29.3 Å². The number of hydrogen-bond donors (Lipinski definition) is 2. The molecule has 3 aromatic rings. The normalized spacial score (nSPS) is 18.5. The number of rotatable bonds is 5. The number of aromatic nitrogens is 5. The van der Waals surface area contributed by atoms with E-state index >= 15 is 0 Å². The number of hydrogen-bond acceptors (Lipinski definition) is 8. The van der Waals surface area contributed by atoms with Gasteiger partial charge in [0.1, 0.15) is 11.7 Å². The maximum Gasteiger partial charge on any atom is 0.255 e. The third-order valence-corrected chi connectivity index (χ3v) is 7.97. The molecule has 2 aromatic heterocycles. The number of nitrogens with zero attached hydrogens (tertiary/aromatic N) is 6. The summed E-state index contributed by atoms with van der Waals surface area (Å²) in [6.45, 7) is 7.88. The molecular weight excluding hydrogens is 452 g/mol. The maximum atomic E-state index is 13.0. The summed E-state index contributed by atoms with van der Waals surface area (Å²) in [5.41, 5.74) is 9.78. The van der Waals surface area contributed by atoms with Gasteiger partial charge in [-0.05, 0) is 30.2 Å². The minimum Gasteiger partial charge on any atom is -0.368 e. The molecule has 1 atom stereocenters. The molecule has 4 heterocycles. The van der Waals surface area contributed by atoms with Gasteiger partial charge in [0, 0.05) is 38.7 Å². The number of nitrogen functional groups attached to an aromatic ring is 1. The first-order valence-corrected chi connectivity index (χ1v) is 15.0. The molecule has 0 aliphatic carbocycles. The SMILES string of the molecule is C[Si](C)(C)CCn1nnc2c(-c3ccc4c(c3)CN(C3CCC(=O)NC3=O)C4=O)nc(N)nc21. The van der Waals surface area contributed by atoms with E-state index in [0.717, 1.165) is 17.2 Å². The van der Waals surface area contributed by atoms with Crippen molar-refractivity contribution in [2.24, 2.45) is 0 Å². The first-order valence-electron chi connectivity index (χ1n) is 11.3. The van der Waals surface area contributed by atoms with E-state index in [4.69, 9.17) is 5.73 Å². The summed E-state index contributed by atoms with van der Waals surface area (Å²) in [6.07, 6.45) is 0.536. The monoisotopic (exact) mass is 478 g/mol. The van der Waals surface area contributed by atoms with Gasteiger partial charge in [-0.2, -0.15) is 4.98 Å². The predicted octanol–water partition coefficient (Wildman–Crippen LogP) is 1.57. The van der Waals surface area contributed by atoms with Crippen molar-refractivity contribution in [3.8, 4) is 11.3 Å². The molecule has 0 bridgehead atoms. The first kappa shape index (κ1) is 22.1. The van der Waals surface area contributed by atoms with Crippen LogP contribution in [0.4, 0.5) is 5.95 Å². The van der Waals surface area contributed by atoms with Gasteiger partial charge in [0.15, 0.2) is 11.2 Å². The zero-order chi connectivity index (χ0) is 24.2. The lowest BCUT2D eigenvalue weighted by atomic mass is 10.0. The summed E-state index contributed by atoms with van der Waals surface area (Å²) < 4.78 is 1.77. The van der Waals surface area contributed by atoms with E-state index in [1.165, 1.54) is 4.90 Å². The van der Waals surface area contributed by atoms with Crippen LogP contribution in [0.2, 0.25) is 25.7 Å². The van der Waals surface area contributed by atoms with Crippen LogP contribution in [0.3, 0.4) is 0 Å². The lowest BCUT2D eigenvalue weighted by Gasteiger charge is -2.29. The van der Waals surface area contributed by atoms with E-state index < -0.39 is 20.0 Å². The standard InChI is InChI=1S/C22H26N8O3Si/c1-34(2,3)9-8-30-19-18(27-28-30)17(25-22(23)26-19)12-4-5-14-13(10-12)11-29(21(14)33)15-6-7-16(31)24-20(15)32/h4-5,10,15H,6-9,11H2,1-3H3,(H2,23,25,26)(H,24,31,32). The number of nitrogens with two attached hydrogens (primary N) is 1. The summed E-state index contributed by atoms with van der Waals surface area (Å²) in [7, 11) is -1.29. The fourth-order valence-electron chi connectivity index (χ4n) is 4.39. The van der Waals surface area contributed by atoms with Crippen LogP contribution in [-0.4, -0.2) is 61.7 Å². The Morgan fingerprint density at radius 2 is 1.97 bits per heavy atom. The number of nitrogens with one attached hydrogen (secondary N) is 1. The van der Waals surface area contributed by atoms with Crippen molar-refractivity contribution in [3.63, 3.8) is 0 Å². The molecule has 11 nitrogen and oxygen atoms in total. The molecule has 2 aliphatic rings. The highest BCUT2D eigenvalue weighted by atomic mass is 28.3. The van der Waals surface area contributed by atoms with E-state index in [1.54, 1.807) is 16.8 Å². The molecule has 2 aliphatic heterocycles. The van der Waals surface area contributed by atoms with Gasteiger partial charge in [-0.25, -0.2) is 9.67 Å².